The second-order valence-electron chi connectivity index (χ2n) is 5.99. The maximum atomic E-state index is 12.1. The van der Waals surface area contributed by atoms with Crippen molar-refractivity contribution in [2.45, 2.75) is 26.2 Å². The van der Waals surface area contributed by atoms with E-state index >= 15 is 0 Å². The summed E-state index contributed by atoms with van der Waals surface area (Å²) in [6, 6.07) is 15.6. The molecule has 3 rings (SSSR count). The van der Waals surface area contributed by atoms with Crippen LogP contribution in [0.25, 0.3) is 0 Å². The van der Waals surface area contributed by atoms with Gasteiger partial charge in [-0.15, -0.1) is 5.06 Å². The molecule has 0 aliphatic carbocycles. The highest BCUT2D eigenvalue weighted by Crippen LogP contribution is 2.22. The summed E-state index contributed by atoms with van der Waals surface area (Å²) in [5.41, 5.74) is 4.49. The summed E-state index contributed by atoms with van der Waals surface area (Å²) in [6.07, 6.45) is 1.67. The molecule has 2 aromatic carbocycles. The fourth-order valence-corrected chi connectivity index (χ4v) is 2.58. The Labute approximate surface area is 141 Å². The molecule has 0 aromatic heterocycles. The lowest BCUT2D eigenvalue weighted by atomic mass is 10.0. The Morgan fingerprint density at radius 3 is 2.17 bits per heavy atom. The van der Waals surface area contributed by atoms with Crippen molar-refractivity contribution in [3.8, 4) is 0 Å². The van der Waals surface area contributed by atoms with Crippen molar-refractivity contribution in [3.05, 3.63) is 83.1 Å². The van der Waals surface area contributed by atoms with E-state index in [4.69, 9.17) is 4.84 Å². The van der Waals surface area contributed by atoms with Crippen LogP contribution in [0.3, 0.4) is 0 Å². The quantitative estimate of drug-likeness (QED) is 0.860. The van der Waals surface area contributed by atoms with Crippen LogP contribution in [0.15, 0.2) is 60.8 Å². The van der Waals surface area contributed by atoms with Crippen LogP contribution in [-0.4, -0.2) is 16.9 Å². The Hall–Kier alpha value is -2.88. The first-order valence-electron chi connectivity index (χ1n) is 7.90. The Kier molecular flexibility index (Phi) is 4.47. The number of carbonyl (C=O) groups is 2. The van der Waals surface area contributed by atoms with Gasteiger partial charge in [0, 0.05) is 6.42 Å². The van der Waals surface area contributed by atoms with Crippen LogP contribution >= 0.6 is 0 Å². The number of allylic oxidation sites excluding steroid dienone is 1. The summed E-state index contributed by atoms with van der Waals surface area (Å²) in [6.45, 7) is 5.79. The number of hydroxylamine groups is 2. The van der Waals surface area contributed by atoms with E-state index in [-0.39, 0.29) is 5.91 Å². The van der Waals surface area contributed by atoms with Crippen molar-refractivity contribution in [2.24, 2.45) is 0 Å². The van der Waals surface area contributed by atoms with Gasteiger partial charge in [0.25, 0.3) is 5.91 Å². The summed E-state index contributed by atoms with van der Waals surface area (Å²) in [5.74, 6) is -0.780. The molecule has 4 heteroatoms. The molecular formula is C20H19NO3. The molecule has 1 fully saturated rings. The minimum atomic E-state index is -0.548. The van der Waals surface area contributed by atoms with E-state index < -0.39 is 5.97 Å². The lowest BCUT2D eigenvalue weighted by molar-refractivity contribution is -0.153. The molecule has 1 aliphatic rings. The molecule has 1 amide bonds. The van der Waals surface area contributed by atoms with Gasteiger partial charge in [0.2, 0.25) is 0 Å². The number of hydrogen-bond donors (Lipinski definition) is 0. The normalized spacial score (nSPS) is 14.1. The topological polar surface area (TPSA) is 46.6 Å². The third-order valence-corrected chi connectivity index (χ3v) is 4.03. The van der Waals surface area contributed by atoms with E-state index in [1.807, 2.05) is 12.1 Å². The van der Waals surface area contributed by atoms with E-state index in [1.54, 1.807) is 12.1 Å². The Bertz CT molecular complexity index is 760. The molecule has 2 aromatic rings. The third kappa shape index (κ3) is 3.54. The summed E-state index contributed by atoms with van der Waals surface area (Å²) >= 11 is 0. The molecule has 0 saturated carbocycles. The van der Waals surface area contributed by atoms with Crippen LogP contribution in [0.1, 0.15) is 39.9 Å². The smallest absolute Gasteiger partial charge is 0.328 e. The van der Waals surface area contributed by atoms with Gasteiger partial charge in [0.1, 0.15) is 0 Å². The van der Waals surface area contributed by atoms with Crippen molar-refractivity contribution in [3.63, 3.8) is 0 Å². The SMILES string of the molecule is C=C1CCC(=O)N1OC(=O)c1ccc(Cc2ccc(C)cc2)cc1. The van der Waals surface area contributed by atoms with Crippen LogP contribution in [-0.2, 0) is 16.1 Å². The first-order valence-corrected chi connectivity index (χ1v) is 7.90. The van der Waals surface area contributed by atoms with Crippen molar-refractivity contribution in [1.82, 2.24) is 5.06 Å². The fourth-order valence-electron chi connectivity index (χ4n) is 2.58. The molecule has 0 unspecified atom stereocenters. The van der Waals surface area contributed by atoms with Gasteiger partial charge in [-0.2, -0.15) is 0 Å². The molecular weight excluding hydrogens is 302 g/mol. The summed E-state index contributed by atoms with van der Waals surface area (Å²) < 4.78 is 0. The average Bonchev–Trinajstić information content (AvgIpc) is 2.89. The molecule has 122 valence electrons. The lowest BCUT2D eigenvalue weighted by Gasteiger charge is -2.15. The van der Waals surface area contributed by atoms with Crippen molar-refractivity contribution >= 4 is 11.9 Å². The standard InChI is InChI=1S/C20H19NO3/c1-14-3-6-16(7-4-14)13-17-8-10-18(11-9-17)20(23)24-21-15(2)5-12-19(21)22/h3-4,6-11H,2,5,12-13H2,1H3. The Balaban J connectivity index is 1.65. The molecule has 0 atom stereocenters. The Morgan fingerprint density at radius 2 is 1.62 bits per heavy atom. The minimum Gasteiger partial charge on any atom is -0.328 e. The molecule has 1 heterocycles. The van der Waals surface area contributed by atoms with Gasteiger partial charge in [-0.25, -0.2) is 4.79 Å². The molecule has 24 heavy (non-hydrogen) atoms. The largest absolute Gasteiger partial charge is 0.363 e. The van der Waals surface area contributed by atoms with Crippen LogP contribution in [0.2, 0.25) is 0 Å². The van der Waals surface area contributed by atoms with E-state index in [9.17, 15) is 9.59 Å². The van der Waals surface area contributed by atoms with E-state index in [1.165, 1.54) is 11.1 Å². The number of carbonyl (C=O) groups excluding carboxylic acids is 2. The van der Waals surface area contributed by atoms with Crippen LogP contribution < -0.4 is 0 Å². The van der Waals surface area contributed by atoms with Gasteiger partial charge >= 0.3 is 5.97 Å². The number of hydrogen-bond acceptors (Lipinski definition) is 3. The van der Waals surface area contributed by atoms with Crippen LogP contribution in [0.4, 0.5) is 0 Å². The number of nitrogens with zero attached hydrogens (tertiary/aromatic N) is 1. The van der Waals surface area contributed by atoms with Gasteiger partial charge in [0.15, 0.2) is 0 Å². The fraction of sp³-hybridized carbons (Fsp3) is 0.200. The molecule has 1 saturated heterocycles. The van der Waals surface area contributed by atoms with E-state index in [0.717, 1.165) is 17.0 Å². The molecule has 4 nitrogen and oxygen atoms in total. The first-order chi connectivity index (χ1) is 11.5. The van der Waals surface area contributed by atoms with E-state index in [0.29, 0.717) is 24.1 Å². The number of amides is 1. The predicted molar refractivity (Wildman–Crippen MR) is 91.1 cm³/mol. The van der Waals surface area contributed by atoms with E-state index in [2.05, 4.69) is 37.8 Å². The van der Waals surface area contributed by atoms with Crippen molar-refractivity contribution < 1.29 is 14.4 Å². The zero-order valence-electron chi connectivity index (χ0n) is 13.6. The highest BCUT2D eigenvalue weighted by molar-refractivity contribution is 5.91. The van der Waals surface area contributed by atoms with Gasteiger partial charge in [-0.05, 0) is 43.0 Å². The van der Waals surface area contributed by atoms with Gasteiger partial charge < -0.3 is 4.84 Å². The van der Waals surface area contributed by atoms with Gasteiger partial charge in [0.05, 0.1) is 11.3 Å². The lowest BCUT2D eigenvalue weighted by Crippen LogP contribution is -2.26. The van der Waals surface area contributed by atoms with Crippen molar-refractivity contribution in [2.75, 3.05) is 0 Å². The zero-order chi connectivity index (χ0) is 17.1. The second-order valence-corrected chi connectivity index (χ2v) is 5.99. The highest BCUT2D eigenvalue weighted by atomic mass is 16.7. The van der Waals surface area contributed by atoms with Crippen LogP contribution in [0, 0.1) is 6.92 Å². The second kappa shape index (κ2) is 6.71. The first kappa shape index (κ1) is 16.0. The molecule has 0 N–H and O–H groups in total. The summed E-state index contributed by atoms with van der Waals surface area (Å²) in [7, 11) is 0. The maximum Gasteiger partial charge on any atom is 0.363 e. The summed E-state index contributed by atoms with van der Waals surface area (Å²) in [5, 5.41) is 1.00. The average molecular weight is 321 g/mol. The molecule has 0 bridgehead atoms. The molecule has 0 spiro atoms. The third-order valence-electron chi connectivity index (χ3n) is 4.03. The predicted octanol–water partition coefficient (Wildman–Crippen LogP) is 3.79. The maximum absolute atomic E-state index is 12.1. The molecule has 0 radical (unpaired) electrons. The number of benzene rings is 2. The number of aryl methyl sites for hydroxylation is 1. The Morgan fingerprint density at radius 1 is 1.04 bits per heavy atom. The summed E-state index contributed by atoms with van der Waals surface area (Å²) in [4.78, 5) is 28.9. The minimum absolute atomic E-state index is 0.232. The van der Waals surface area contributed by atoms with Gasteiger partial charge in [-0.3, -0.25) is 4.79 Å². The number of rotatable bonds is 4. The molecule has 1 aliphatic heterocycles. The van der Waals surface area contributed by atoms with Crippen LogP contribution in [0.5, 0.6) is 0 Å². The highest BCUT2D eigenvalue weighted by Gasteiger charge is 2.28. The monoisotopic (exact) mass is 321 g/mol. The van der Waals surface area contributed by atoms with Gasteiger partial charge in [-0.1, -0.05) is 48.5 Å². The van der Waals surface area contributed by atoms with Crippen molar-refractivity contribution in [1.29, 1.82) is 0 Å². The zero-order valence-corrected chi connectivity index (χ0v) is 13.6.